The van der Waals surface area contributed by atoms with Gasteiger partial charge in [0.15, 0.2) is 9.84 Å². The molecule has 2 aliphatic carbocycles. The molecule has 2 saturated carbocycles. The first-order valence-corrected chi connectivity index (χ1v) is 10.7. The number of carbonyl (C=O) groups excluding carboxylic acids is 1. The number of sulfone groups is 1. The molecule has 0 unspecified atom stereocenters. The molecule has 0 bridgehead atoms. The summed E-state index contributed by atoms with van der Waals surface area (Å²) in [6.45, 7) is 0.615. The maximum Gasteiger partial charge on any atom is 0.223 e. The Labute approximate surface area is 145 Å². The molecule has 0 radical (unpaired) electrons. The fourth-order valence-corrected chi connectivity index (χ4v) is 5.75. The van der Waals surface area contributed by atoms with E-state index in [-0.39, 0.29) is 17.1 Å². The number of benzene rings is 1. The van der Waals surface area contributed by atoms with Gasteiger partial charge in [-0.2, -0.15) is 0 Å². The fraction of sp³-hybridized carbons (Fsp3) is 0.632. The van der Waals surface area contributed by atoms with E-state index in [4.69, 9.17) is 0 Å². The van der Waals surface area contributed by atoms with Crippen molar-refractivity contribution in [3.8, 4) is 0 Å². The molecule has 1 aromatic rings. The van der Waals surface area contributed by atoms with Crippen LogP contribution in [0.1, 0.15) is 56.9 Å². The molecule has 132 valence electrons. The fourth-order valence-electron chi connectivity index (χ4n) is 3.90. The first kappa shape index (κ1) is 17.5. The summed E-state index contributed by atoms with van der Waals surface area (Å²) in [6, 6.07) is 7.21. The van der Waals surface area contributed by atoms with Gasteiger partial charge < -0.3 is 5.32 Å². The SMILES string of the molecule is O=C(NCCc1ccc(S(=O)(=O)C2CCCC2)cc1)C1CCCC1. The van der Waals surface area contributed by atoms with Crippen molar-refractivity contribution < 1.29 is 13.2 Å². The van der Waals surface area contributed by atoms with Gasteiger partial charge in [-0.25, -0.2) is 8.42 Å². The maximum atomic E-state index is 12.5. The van der Waals surface area contributed by atoms with E-state index in [9.17, 15) is 13.2 Å². The predicted octanol–water partition coefficient (Wildman–Crippen LogP) is 3.25. The molecule has 2 aliphatic rings. The summed E-state index contributed by atoms with van der Waals surface area (Å²) in [5, 5.41) is 2.81. The zero-order valence-electron chi connectivity index (χ0n) is 14.2. The second kappa shape index (κ2) is 7.68. The minimum atomic E-state index is -3.17. The van der Waals surface area contributed by atoms with Crippen LogP contribution in [-0.2, 0) is 21.1 Å². The Kier molecular flexibility index (Phi) is 5.59. The molecule has 0 atom stereocenters. The smallest absolute Gasteiger partial charge is 0.223 e. The summed E-state index contributed by atoms with van der Waals surface area (Å²) >= 11 is 0. The Hall–Kier alpha value is -1.36. The van der Waals surface area contributed by atoms with Crippen LogP contribution in [0, 0.1) is 5.92 Å². The lowest BCUT2D eigenvalue weighted by atomic mass is 10.1. The molecule has 4 nitrogen and oxygen atoms in total. The van der Waals surface area contributed by atoms with Crippen LogP contribution >= 0.6 is 0 Å². The monoisotopic (exact) mass is 349 g/mol. The number of hydrogen-bond donors (Lipinski definition) is 1. The number of hydrogen-bond acceptors (Lipinski definition) is 3. The summed E-state index contributed by atoms with van der Waals surface area (Å²) < 4.78 is 25.1. The molecule has 1 N–H and O–H groups in total. The summed E-state index contributed by atoms with van der Waals surface area (Å²) in [5.41, 5.74) is 1.06. The highest BCUT2D eigenvalue weighted by molar-refractivity contribution is 7.92. The van der Waals surface area contributed by atoms with E-state index in [1.807, 2.05) is 12.1 Å². The lowest BCUT2D eigenvalue weighted by Gasteiger charge is -2.12. The lowest BCUT2D eigenvalue weighted by molar-refractivity contribution is -0.124. The van der Waals surface area contributed by atoms with E-state index < -0.39 is 9.84 Å². The zero-order chi connectivity index (χ0) is 17.0. The van der Waals surface area contributed by atoms with Crippen molar-refractivity contribution in [2.45, 2.75) is 67.9 Å². The summed E-state index contributed by atoms with van der Waals surface area (Å²) in [4.78, 5) is 12.4. The molecule has 3 rings (SSSR count). The van der Waals surface area contributed by atoms with Crippen LogP contribution in [-0.4, -0.2) is 26.1 Å². The topological polar surface area (TPSA) is 63.2 Å². The molecule has 0 heterocycles. The second-order valence-corrected chi connectivity index (χ2v) is 9.35. The molecule has 2 fully saturated rings. The van der Waals surface area contributed by atoms with Gasteiger partial charge in [0, 0.05) is 12.5 Å². The second-order valence-electron chi connectivity index (χ2n) is 7.12. The molecule has 24 heavy (non-hydrogen) atoms. The molecular formula is C19H27NO3S. The zero-order valence-corrected chi connectivity index (χ0v) is 15.0. The number of amides is 1. The van der Waals surface area contributed by atoms with Crippen molar-refractivity contribution in [3.63, 3.8) is 0 Å². The van der Waals surface area contributed by atoms with E-state index >= 15 is 0 Å². The van der Waals surface area contributed by atoms with Gasteiger partial charge in [-0.1, -0.05) is 37.8 Å². The van der Waals surface area contributed by atoms with Gasteiger partial charge in [0.05, 0.1) is 10.1 Å². The van der Waals surface area contributed by atoms with Gasteiger partial charge in [-0.15, -0.1) is 0 Å². The van der Waals surface area contributed by atoms with Crippen molar-refractivity contribution in [1.29, 1.82) is 0 Å². The molecule has 0 saturated heterocycles. The molecule has 0 spiro atoms. The van der Waals surface area contributed by atoms with Crippen molar-refractivity contribution in [1.82, 2.24) is 5.32 Å². The van der Waals surface area contributed by atoms with Gasteiger partial charge in [0.25, 0.3) is 0 Å². The standard InChI is InChI=1S/C19H27NO3S/c21-19(16-5-1-2-6-16)20-14-13-15-9-11-18(12-10-15)24(22,23)17-7-3-4-8-17/h9-12,16-17H,1-8,13-14H2,(H,20,21). The summed E-state index contributed by atoms with van der Waals surface area (Å²) in [7, 11) is -3.17. The Morgan fingerprint density at radius 1 is 0.958 bits per heavy atom. The predicted molar refractivity (Wildman–Crippen MR) is 94.6 cm³/mol. The van der Waals surface area contributed by atoms with E-state index in [1.54, 1.807) is 12.1 Å². The highest BCUT2D eigenvalue weighted by atomic mass is 32.2. The molecule has 1 amide bonds. The van der Waals surface area contributed by atoms with Crippen LogP contribution in [0.5, 0.6) is 0 Å². The Morgan fingerprint density at radius 3 is 2.17 bits per heavy atom. The summed E-state index contributed by atoms with van der Waals surface area (Å²) in [6.07, 6.45) is 8.70. The largest absolute Gasteiger partial charge is 0.356 e. The van der Waals surface area contributed by atoms with Crippen molar-refractivity contribution >= 4 is 15.7 Å². The van der Waals surface area contributed by atoms with Gasteiger partial charge in [0.2, 0.25) is 5.91 Å². The van der Waals surface area contributed by atoms with Crippen molar-refractivity contribution in [2.24, 2.45) is 5.92 Å². The highest BCUT2D eigenvalue weighted by Crippen LogP contribution is 2.29. The van der Waals surface area contributed by atoms with Gasteiger partial charge in [0.1, 0.15) is 0 Å². The van der Waals surface area contributed by atoms with Gasteiger partial charge in [-0.05, 0) is 49.8 Å². The molecule has 1 aromatic carbocycles. The van der Waals surface area contributed by atoms with Crippen LogP contribution < -0.4 is 5.32 Å². The Morgan fingerprint density at radius 2 is 1.54 bits per heavy atom. The number of nitrogens with one attached hydrogen (secondary N) is 1. The van der Waals surface area contributed by atoms with E-state index in [1.165, 1.54) is 0 Å². The average molecular weight is 349 g/mol. The average Bonchev–Trinajstić information content (AvgIpc) is 3.29. The van der Waals surface area contributed by atoms with Gasteiger partial charge in [-0.3, -0.25) is 4.79 Å². The van der Waals surface area contributed by atoms with Crippen LogP contribution in [0.25, 0.3) is 0 Å². The van der Waals surface area contributed by atoms with Crippen molar-refractivity contribution in [2.75, 3.05) is 6.54 Å². The molecule has 5 heteroatoms. The normalized spacial score (nSPS) is 19.7. The number of carbonyl (C=O) groups is 1. The van der Waals surface area contributed by atoms with Crippen LogP contribution in [0.2, 0.25) is 0 Å². The van der Waals surface area contributed by atoms with Crippen LogP contribution in [0.4, 0.5) is 0 Å². The van der Waals surface area contributed by atoms with Gasteiger partial charge >= 0.3 is 0 Å². The maximum absolute atomic E-state index is 12.5. The number of rotatable bonds is 6. The Bertz CT molecular complexity index is 654. The minimum Gasteiger partial charge on any atom is -0.356 e. The minimum absolute atomic E-state index is 0.174. The van der Waals surface area contributed by atoms with E-state index in [2.05, 4.69) is 5.32 Å². The lowest BCUT2D eigenvalue weighted by Crippen LogP contribution is -2.30. The quantitative estimate of drug-likeness (QED) is 0.857. The first-order valence-electron chi connectivity index (χ1n) is 9.18. The third-order valence-electron chi connectivity index (χ3n) is 5.43. The Balaban J connectivity index is 1.52. The van der Waals surface area contributed by atoms with Crippen LogP contribution in [0.15, 0.2) is 29.2 Å². The van der Waals surface area contributed by atoms with Crippen molar-refractivity contribution in [3.05, 3.63) is 29.8 Å². The molecule has 0 aromatic heterocycles. The first-order chi connectivity index (χ1) is 11.6. The molecule has 0 aliphatic heterocycles. The van der Waals surface area contributed by atoms with E-state index in [0.717, 1.165) is 63.4 Å². The highest BCUT2D eigenvalue weighted by Gasteiger charge is 2.30. The third kappa shape index (κ3) is 4.00. The van der Waals surface area contributed by atoms with E-state index in [0.29, 0.717) is 11.4 Å². The third-order valence-corrected chi connectivity index (χ3v) is 7.71. The summed E-state index contributed by atoms with van der Waals surface area (Å²) in [5.74, 6) is 0.372. The van der Waals surface area contributed by atoms with Crippen LogP contribution in [0.3, 0.4) is 0 Å². The molecular weight excluding hydrogens is 322 g/mol.